The van der Waals surface area contributed by atoms with Crippen LogP contribution >= 0.6 is 11.6 Å². The minimum Gasteiger partial charge on any atom is -0.469 e. The summed E-state index contributed by atoms with van der Waals surface area (Å²) in [7, 11) is 1.46. The summed E-state index contributed by atoms with van der Waals surface area (Å²) >= 11 is 6.38. The topological polar surface area (TPSA) is 26.3 Å². The fourth-order valence-electron chi connectivity index (χ4n) is 3.96. The number of allylic oxidation sites excluding steroid dienone is 2. The number of esters is 1. The van der Waals surface area contributed by atoms with Crippen LogP contribution in [0.1, 0.15) is 12.8 Å². The Labute approximate surface area is 94.6 Å². The molecule has 2 fully saturated rings. The molecule has 0 aliphatic heterocycles. The molecule has 3 heteroatoms. The first-order valence-electron chi connectivity index (χ1n) is 5.62. The van der Waals surface area contributed by atoms with E-state index in [2.05, 4.69) is 12.2 Å². The van der Waals surface area contributed by atoms with E-state index in [1.54, 1.807) is 0 Å². The lowest BCUT2D eigenvalue weighted by atomic mass is 9.75. The average Bonchev–Trinajstić information content (AvgIpc) is 2.85. The molecule has 0 aromatic carbocycles. The number of rotatable bonds is 1. The van der Waals surface area contributed by atoms with Gasteiger partial charge in [0.25, 0.3) is 0 Å². The molecule has 15 heavy (non-hydrogen) atoms. The van der Waals surface area contributed by atoms with Crippen molar-refractivity contribution in [3.8, 4) is 0 Å². The van der Waals surface area contributed by atoms with Crippen LogP contribution in [0.5, 0.6) is 0 Å². The highest BCUT2D eigenvalue weighted by Gasteiger charge is 2.59. The highest BCUT2D eigenvalue weighted by molar-refractivity contribution is 6.22. The van der Waals surface area contributed by atoms with Gasteiger partial charge in [0.1, 0.15) is 0 Å². The number of hydrogen-bond donors (Lipinski definition) is 0. The van der Waals surface area contributed by atoms with Gasteiger partial charge in [-0.3, -0.25) is 4.79 Å². The smallest absolute Gasteiger partial charge is 0.310 e. The average molecular weight is 227 g/mol. The Bertz CT molecular complexity index is 326. The first kappa shape index (κ1) is 9.71. The van der Waals surface area contributed by atoms with Gasteiger partial charge in [0, 0.05) is 0 Å². The Morgan fingerprint density at radius 1 is 1.40 bits per heavy atom. The zero-order valence-electron chi connectivity index (χ0n) is 8.73. The third-order valence-corrected chi connectivity index (χ3v) is 5.13. The number of fused-ring (bicyclic) bond motifs is 5. The SMILES string of the molecule is COC(=O)[C@H]1[C@@H](Cl)[C@H]2C[C@@H]1C1CC=CC12. The molecule has 0 heterocycles. The fraction of sp³-hybridized carbons (Fsp3) is 0.750. The molecule has 0 saturated heterocycles. The van der Waals surface area contributed by atoms with E-state index in [-0.39, 0.29) is 17.3 Å². The maximum atomic E-state index is 11.7. The Kier molecular flexibility index (Phi) is 2.10. The molecule has 0 aromatic rings. The summed E-state index contributed by atoms with van der Waals surface area (Å²) in [6.07, 6.45) is 6.80. The van der Waals surface area contributed by atoms with Crippen molar-refractivity contribution in [2.24, 2.45) is 29.6 Å². The summed E-state index contributed by atoms with van der Waals surface area (Å²) in [6.45, 7) is 0. The molecule has 0 amide bonds. The van der Waals surface area contributed by atoms with Gasteiger partial charge in [-0.25, -0.2) is 0 Å². The van der Waals surface area contributed by atoms with Gasteiger partial charge >= 0.3 is 5.97 Å². The van der Waals surface area contributed by atoms with Crippen molar-refractivity contribution in [1.29, 1.82) is 0 Å². The molecular formula is C12H15ClO2. The molecule has 3 aliphatic rings. The van der Waals surface area contributed by atoms with Gasteiger partial charge in [-0.1, -0.05) is 12.2 Å². The third-order valence-electron chi connectivity index (χ3n) is 4.54. The number of carbonyl (C=O) groups is 1. The Morgan fingerprint density at radius 3 is 2.93 bits per heavy atom. The number of ether oxygens (including phenoxy) is 1. The molecule has 3 aliphatic carbocycles. The molecular weight excluding hydrogens is 212 g/mol. The molecule has 0 radical (unpaired) electrons. The van der Waals surface area contributed by atoms with E-state index in [0.29, 0.717) is 23.7 Å². The van der Waals surface area contributed by atoms with Crippen molar-refractivity contribution in [2.75, 3.05) is 7.11 Å². The van der Waals surface area contributed by atoms with Crippen LogP contribution in [0.4, 0.5) is 0 Å². The maximum absolute atomic E-state index is 11.7. The molecule has 2 nitrogen and oxygen atoms in total. The summed E-state index contributed by atoms with van der Waals surface area (Å²) < 4.78 is 4.86. The summed E-state index contributed by atoms with van der Waals surface area (Å²) in [5.41, 5.74) is 0. The van der Waals surface area contributed by atoms with Gasteiger partial charge in [0.2, 0.25) is 0 Å². The first-order valence-corrected chi connectivity index (χ1v) is 6.06. The lowest BCUT2D eigenvalue weighted by molar-refractivity contribution is -0.148. The van der Waals surface area contributed by atoms with E-state index in [4.69, 9.17) is 16.3 Å². The molecule has 3 rings (SSSR count). The normalized spacial score (nSPS) is 50.8. The number of halogens is 1. The summed E-state index contributed by atoms with van der Waals surface area (Å²) in [5.74, 6) is 2.11. The van der Waals surface area contributed by atoms with Crippen molar-refractivity contribution in [3.05, 3.63) is 12.2 Å². The lowest BCUT2D eigenvalue weighted by Gasteiger charge is -2.33. The first-order chi connectivity index (χ1) is 7.24. The van der Waals surface area contributed by atoms with Crippen molar-refractivity contribution < 1.29 is 9.53 Å². The molecule has 0 aromatic heterocycles. The van der Waals surface area contributed by atoms with Gasteiger partial charge in [0.15, 0.2) is 0 Å². The van der Waals surface area contributed by atoms with E-state index in [1.165, 1.54) is 7.11 Å². The number of carbonyl (C=O) groups excluding carboxylic acids is 1. The molecule has 2 bridgehead atoms. The second-order valence-electron chi connectivity index (χ2n) is 4.96. The van der Waals surface area contributed by atoms with Gasteiger partial charge < -0.3 is 4.74 Å². The van der Waals surface area contributed by atoms with Gasteiger partial charge in [-0.15, -0.1) is 11.6 Å². The molecule has 6 atom stereocenters. The van der Waals surface area contributed by atoms with Gasteiger partial charge in [-0.05, 0) is 36.5 Å². The monoisotopic (exact) mass is 226 g/mol. The predicted octanol–water partition coefficient (Wildman–Crippen LogP) is 2.22. The van der Waals surface area contributed by atoms with Crippen molar-refractivity contribution in [3.63, 3.8) is 0 Å². The van der Waals surface area contributed by atoms with Gasteiger partial charge in [-0.2, -0.15) is 0 Å². The minimum absolute atomic E-state index is 0.00792. The van der Waals surface area contributed by atoms with Crippen LogP contribution in [0.2, 0.25) is 0 Å². The van der Waals surface area contributed by atoms with Crippen LogP contribution in [0.3, 0.4) is 0 Å². The molecule has 0 spiro atoms. The van der Waals surface area contributed by atoms with Crippen LogP contribution in [0.25, 0.3) is 0 Å². The van der Waals surface area contributed by atoms with Crippen LogP contribution in [0.15, 0.2) is 12.2 Å². The Morgan fingerprint density at radius 2 is 2.20 bits per heavy atom. The fourth-order valence-corrected chi connectivity index (χ4v) is 4.52. The molecule has 2 saturated carbocycles. The van der Waals surface area contributed by atoms with E-state index < -0.39 is 0 Å². The van der Waals surface area contributed by atoms with Crippen molar-refractivity contribution >= 4 is 17.6 Å². The Hall–Kier alpha value is -0.500. The number of hydrogen-bond acceptors (Lipinski definition) is 2. The minimum atomic E-state index is -0.104. The summed E-state index contributed by atoms with van der Waals surface area (Å²) in [4.78, 5) is 11.7. The molecule has 2 unspecified atom stereocenters. The van der Waals surface area contributed by atoms with E-state index in [1.807, 2.05) is 0 Å². The summed E-state index contributed by atoms with van der Waals surface area (Å²) in [5, 5.41) is -0.00792. The third kappa shape index (κ3) is 1.14. The second kappa shape index (κ2) is 3.24. The van der Waals surface area contributed by atoms with E-state index in [9.17, 15) is 4.79 Å². The van der Waals surface area contributed by atoms with Crippen LogP contribution < -0.4 is 0 Å². The molecule has 82 valence electrons. The second-order valence-corrected chi connectivity index (χ2v) is 5.47. The van der Waals surface area contributed by atoms with Crippen molar-refractivity contribution in [2.45, 2.75) is 18.2 Å². The zero-order chi connectivity index (χ0) is 10.6. The lowest BCUT2D eigenvalue weighted by Crippen LogP contribution is -2.38. The van der Waals surface area contributed by atoms with Crippen LogP contribution in [0, 0.1) is 29.6 Å². The number of alkyl halides is 1. The quantitative estimate of drug-likeness (QED) is 0.389. The highest BCUT2D eigenvalue weighted by Crippen LogP contribution is 2.60. The zero-order valence-corrected chi connectivity index (χ0v) is 9.48. The molecule has 0 N–H and O–H groups in total. The standard InChI is InChI=1S/C12H15ClO2/c1-15-12(14)10-8-5-9(11(10)13)7-4-2-3-6(7)8/h2,4,6-11H,3,5H2,1H3/t6?,7?,8-,9+,10-,11+/m1/s1. The van der Waals surface area contributed by atoms with Crippen molar-refractivity contribution in [1.82, 2.24) is 0 Å². The highest BCUT2D eigenvalue weighted by atomic mass is 35.5. The predicted molar refractivity (Wildman–Crippen MR) is 57.5 cm³/mol. The van der Waals surface area contributed by atoms with Gasteiger partial charge in [0.05, 0.1) is 18.4 Å². The van der Waals surface area contributed by atoms with E-state index in [0.717, 1.165) is 12.8 Å². The largest absolute Gasteiger partial charge is 0.469 e. The number of methoxy groups -OCH3 is 1. The summed E-state index contributed by atoms with van der Waals surface area (Å²) in [6, 6.07) is 0. The Balaban J connectivity index is 1.88. The van der Waals surface area contributed by atoms with E-state index >= 15 is 0 Å². The maximum Gasteiger partial charge on any atom is 0.310 e. The van der Waals surface area contributed by atoms with Crippen LogP contribution in [-0.2, 0) is 9.53 Å². The van der Waals surface area contributed by atoms with Crippen LogP contribution in [-0.4, -0.2) is 18.5 Å².